The maximum Gasteiger partial charge on any atom is 0.481 e. The molecule has 0 aliphatic rings. The summed E-state index contributed by atoms with van der Waals surface area (Å²) in [4.78, 5) is 12.1. The molecule has 0 atom stereocenters. The van der Waals surface area contributed by atoms with Gasteiger partial charge in [0.15, 0.2) is 0 Å². The number of nitrogens with zero attached hydrogens (tertiary/aromatic N) is 5. The van der Waals surface area contributed by atoms with Crippen LogP contribution in [0, 0.1) is 10.7 Å². The second kappa shape index (κ2) is 4.96. The van der Waals surface area contributed by atoms with Crippen molar-refractivity contribution < 1.29 is 9.07 Å². The van der Waals surface area contributed by atoms with Gasteiger partial charge in [-0.25, -0.2) is 4.39 Å². The molecule has 3 rings (SSSR count). The molecule has 1 aromatic heterocycles. The number of halogens is 1. The molecule has 0 N–H and O–H groups in total. The maximum absolute atomic E-state index is 12.9. The highest BCUT2D eigenvalue weighted by atomic mass is 19.1. The second-order valence-electron chi connectivity index (χ2n) is 3.99. The Hall–Kier alpha value is -2.96. The van der Waals surface area contributed by atoms with E-state index in [0.717, 1.165) is 0 Å². The Kier molecular flexibility index (Phi) is 3.00. The normalized spacial score (nSPS) is 10.4. The Bertz CT molecular complexity index is 739. The number of tetrazole rings is 1. The molecule has 7 heteroatoms. The molecule has 0 saturated carbocycles. The van der Waals surface area contributed by atoms with Crippen LogP contribution >= 0.6 is 0 Å². The van der Waals surface area contributed by atoms with Crippen LogP contribution in [0.3, 0.4) is 0 Å². The molecule has 0 amide bonds. The molecular formula is C13H9FN5O+. The van der Waals surface area contributed by atoms with Crippen LogP contribution in [0.2, 0.25) is 0 Å². The van der Waals surface area contributed by atoms with Gasteiger partial charge in [-0.1, -0.05) is 27.8 Å². The first-order chi connectivity index (χ1) is 9.78. The van der Waals surface area contributed by atoms with Crippen molar-refractivity contribution in [3.8, 4) is 11.4 Å². The number of hydrogen-bond donors (Lipinski definition) is 0. The quantitative estimate of drug-likeness (QED) is 0.540. The molecule has 0 aliphatic carbocycles. The van der Waals surface area contributed by atoms with Gasteiger partial charge in [-0.15, -0.1) is 0 Å². The van der Waals surface area contributed by atoms with Crippen molar-refractivity contribution in [1.29, 1.82) is 0 Å². The molecule has 0 unspecified atom stereocenters. The lowest BCUT2D eigenvalue weighted by Crippen LogP contribution is -2.33. The van der Waals surface area contributed by atoms with Crippen molar-refractivity contribution in [3.63, 3.8) is 0 Å². The summed E-state index contributed by atoms with van der Waals surface area (Å²) < 4.78 is 14.2. The van der Waals surface area contributed by atoms with Gasteiger partial charge in [0.25, 0.3) is 0 Å². The van der Waals surface area contributed by atoms with Crippen LogP contribution in [0.4, 0.5) is 10.3 Å². The summed E-state index contributed by atoms with van der Waals surface area (Å²) in [6.07, 6.45) is 0. The van der Waals surface area contributed by atoms with Gasteiger partial charge in [0, 0.05) is 5.21 Å². The Labute approximate surface area is 113 Å². The van der Waals surface area contributed by atoms with Gasteiger partial charge in [0.05, 0.1) is 5.10 Å². The number of aromatic nitrogens is 4. The van der Waals surface area contributed by atoms with E-state index in [-0.39, 0.29) is 11.8 Å². The zero-order valence-electron chi connectivity index (χ0n) is 10.2. The maximum atomic E-state index is 12.9. The molecule has 0 aliphatic heterocycles. The lowest BCUT2D eigenvalue weighted by atomic mass is 10.3. The number of hydrogen-bond acceptors (Lipinski definition) is 4. The van der Waals surface area contributed by atoms with E-state index in [4.69, 9.17) is 0 Å². The molecule has 3 aromatic rings. The SMILES string of the molecule is O=Nc1nn(-c2ccc(F)cc2)n[n+]1-c1ccccc1. The van der Waals surface area contributed by atoms with Crippen LogP contribution in [0.5, 0.6) is 0 Å². The van der Waals surface area contributed by atoms with Crippen molar-refractivity contribution in [2.45, 2.75) is 0 Å². The fourth-order valence-corrected chi connectivity index (χ4v) is 1.75. The molecule has 98 valence electrons. The van der Waals surface area contributed by atoms with E-state index in [0.29, 0.717) is 11.4 Å². The van der Waals surface area contributed by atoms with E-state index in [1.165, 1.54) is 33.7 Å². The van der Waals surface area contributed by atoms with Gasteiger partial charge < -0.3 is 0 Å². The highest BCUT2D eigenvalue weighted by Crippen LogP contribution is 2.09. The molecule has 20 heavy (non-hydrogen) atoms. The minimum Gasteiger partial charge on any atom is -0.207 e. The highest BCUT2D eigenvalue weighted by Gasteiger charge is 2.22. The van der Waals surface area contributed by atoms with Crippen LogP contribution in [-0.4, -0.2) is 15.1 Å². The first kappa shape index (κ1) is 12.1. The molecular weight excluding hydrogens is 261 g/mol. The third-order valence-electron chi connectivity index (χ3n) is 2.69. The predicted molar refractivity (Wildman–Crippen MR) is 68.3 cm³/mol. The van der Waals surface area contributed by atoms with Gasteiger partial charge in [-0.2, -0.15) is 0 Å². The zero-order chi connectivity index (χ0) is 13.9. The summed E-state index contributed by atoms with van der Waals surface area (Å²) in [5, 5.41) is 11.0. The Morgan fingerprint density at radius 2 is 1.75 bits per heavy atom. The van der Waals surface area contributed by atoms with E-state index < -0.39 is 0 Å². The van der Waals surface area contributed by atoms with Crippen LogP contribution in [0.15, 0.2) is 59.8 Å². The number of para-hydroxylation sites is 1. The smallest absolute Gasteiger partial charge is 0.207 e. The largest absolute Gasteiger partial charge is 0.481 e. The van der Waals surface area contributed by atoms with Gasteiger partial charge in [0.2, 0.25) is 0 Å². The minimum atomic E-state index is -0.356. The number of benzene rings is 2. The molecule has 6 nitrogen and oxygen atoms in total. The summed E-state index contributed by atoms with van der Waals surface area (Å²) >= 11 is 0. The minimum absolute atomic E-state index is 0.0828. The van der Waals surface area contributed by atoms with E-state index >= 15 is 0 Å². The van der Waals surface area contributed by atoms with E-state index in [1.54, 1.807) is 12.1 Å². The summed E-state index contributed by atoms with van der Waals surface area (Å²) in [7, 11) is 0. The molecule has 0 bridgehead atoms. The Morgan fingerprint density at radius 3 is 2.40 bits per heavy atom. The van der Waals surface area contributed by atoms with Crippen molar-refractivity contribution >= 4 is 5.95 Å². The van der Waals surface area contributed by atoms with Crippen molar-refractivity contribution in [3.05, 3.63) is 65.3 Å². The third kappa shape index (κ3) is 2.16. The summed E-state index contributed by atoms with van der Waals surface area (Å²) in [6.45, 7) is 0. The first-order valence-electron chi connectivity index (χ1n) is 5.82. The van der Waals surface area contributed by atoms with Crippen LogP contribution < -0.4 is 4.68 Å². The van der Waals surface area contributed by atoms with Gasteiger partial charge in [-0.05, 0) is 41.2 Å². The van der Waals surface area contributed by atoms with Crippen molar-refractivity contribution in [2.75, 3.05) is 0 Å². The summed E-state index contributed by atoms with van der Waals surface area (Å²) in [5.41, 5.74) is 1.20. The van der Waals surface area contributed by atoms with Crippen LogP contribution in [-0.2, 0) is 0 Å². The third-order valence-corrected chi connectivity index (χ3v) is 2.69. The average molecular weight is 270 g/mol. The lowest BCUT2D eigenvalue weighted by Gasteiger charge is -1.93. The lowest BCUT2D eigenvalue weighted by molar-refractivity contribution is -0.649. The van der Waals surface area contributed by atoms with E-state index in [1.807, 2.05) is 18.2 Å². The highest BCUT2D eigenvalue weighted by molar-refractivity contribution is 5.30. The molecule has 0 saturated heterocycles. The number of rotatable bonds is 3. The standard InChI is InChI=1S/C13H9FN5O/c14-10-6-8-12(9-7-10)19-15-13(16-20)18(17-19)11-4-2-1-3-5-11/h1-9H/q+1. The summed E-state index contributed by atoms with van der Waals surface area (Å²) in [5.74, 6) is -0.439. The molecule has 0 spiro atoms. The van der Waals surface area contributed by atoms with Gasteiger partial charge in [0.1, 0.15) is 22.4 Å². The second-order valence-corrected chi connectivity index (χ2v) is 3.99. The topological polar surface area (TPSA) is 64.0 Å². The van der Waals surface area contributed by atoms with Crippen molar-refractivity contribution in [2.24, 2.45) is 5.18 Å². The van der Waals surface area contributed by atoms with Crippen molar-refractivity contribution in [1.82, 2.24) is 15.1 Å². The van der Waals surface area contributed by atoms with E-state index in [2.05, 4.69) is 15.5 Å². The molecule has 0 fully saturated rings. The molecule has 2 aromatic carbocycles. The average Bonchev–Trinajstić information content (AvgIpc) is 2.93. The monoisotopic (exact) mass is 270 g/mol. The number of nitroso groups, excluding NO2 is 1. The summed E-state index contributed by atoms with van der Waals surface area (Å²) in [6, 6.07) is 14.6. The molecule has 1 heterocycles. The first-order valence-corrected chi connectivity index (χ1v) is 5.82. The Morgan fingerprint density at radius 1 is 1.05 bits per heavy atom. The Balaban J connectivity index is 2.09. The van der Waals surface area contributed by atoms with E-state index in [9.17, 15) is 9.30 Å². The zero-order valence-corrected chi connectivity index (χ0v) is 10.2. The predicted octanol–water partition coefficient (Wildman–Crippen LogP) is 2.08. The van der Waals surface area contributed by atoms with Crippen LogP contribution in [0.1, 0.15) is 0 Å². The van der Waals surface area contributed by atoms with Crippen LogP contribution in [0.25, 0.3) is 11.4 Å². The fraction of sp³-hybridized carbons (Fsp3) is 0. The molecule has 0 radical (unpaired) electrons. The van der Waals surface area contributed by atoms with Gasteiger partial charge >= 0.3 is 5.95 Å². The fourth-order valence-electron chi connectivity index (χ4n) is 1.75. The van der Waals surface area contributed by atoms with Gasteiger partial charge in [-0.3, -0.25) is 0 Å².